The largest absolute Gasteiger partial charge is 0.457 e. The predicted octanol–water partition coefficient (Wildman–Crippen LogP) is 3.94. The van der Waals surface area contributed by atoms with Gasteiger partial charge in [-0.1, -0.05) is 32.1 Å². The van der Waals surface area contributed by atoms with Crippen molar-refractivity contribution in [3.05, 3.63) is 23.0 Å². The summed E-state index contributed by atoms with van der Waals surface area (Å²) < 4.78 is 30.8. The average molecular weight is 424 g/mol. The van der Waals surface area contributed by atoms with Crippen molar-refractivity contribution in [3.8, 4) is 0 Å². The molecule has 2 aliphatic rings. The van der Waals surface area contributed by atoms with Crippen LogP contribution in [-0.4, -0.2) is 42.9 Å². The average Bonchev–Trinajstić information content (AvgIpc) is 3.18. The van der Waals surface area contributed by atoms with Crippen LogP contribution < -0.4 is 0 Å². The van der Waals surface area contributed by atoms with Gasteiger partial charge in [0.1, 0.15) is 0 Å². The van der Waals surface area contributed by atoms with Crippen molar-refractivity contribution < 1.29 is 22.7 Å². The standard InChI is InChI=1S/C22H33NO5S/c1-16-13-20(17(2)23(16)19-11-12-29(26,27)15-19)21(24)14-28-22(25)10-6-9-18-7-4-3-5-8-18/h13,18-19H,3-12,14-15H2,1-2H3. The van der Waals surface area contributed by atoms with Gasteiger partial charge in [0, 0.05) is 29.4 Å². The predicted molar refractivity (Wildman–Crippen MR) is 112 cm³/mol. The Morgan fingerprint density at radius 3 is 2.52 bits per heavy atom. The van der Waals surface area contributed by atoms with Crippen molar-refractivity contribution in [1.82, 2.24) is 4.57 Å². The maximum atomic E-state index is 12.6. The highest BCUT2D eigenvalue weighted by Crippen LogP contribution is 2.30. The molecule has 29 heavy (non-hydrogen) atoms. The number of hydrogen-bond acceptors (Lipinski definition) is 5. The summed E-state index contributed by atoms with van der Waals surface area (Å²) in [5.74, 6) is 0.502. The Bertz CT molecular complexity index is 849. The number of carbonyl (C=O) groups is 2. The molecule has 1 saturated heterocycles. The van der Waals surface area contributed by atoms with Gasteiger partial charge >= 0.3 is 5.97 Å². The van der Waals surface area contributed by atoms with E-state index >= 15 is 0 Å². The lowest BCUT2D eigenvalue weighted by molar-refractivity contribution is -0.142. The fourth-order valence-electron chi connectivity index (χ4n) is 4.91. The molecule has 162 valence electrons. The number of aromatic nitrogens is 1. The van der Waals surface area contributed by atoms with Crippen molar-refractivity contribution in [2.24, 2.45) is 5.92 Å². The highest BCUT2D eigenvalue weighted by molar-refractivity contribution is 7.91. The minimum absolute atomic E-state index is 0.118. The maximum absolute atomic E-state index is 12.6. The van der Waals surface area contributed by atoms with E-state index < -0.39 is 9.84 Å². The van der Waals surface area contributed by atoms with E-state index in [4.69, 9.17) is 4.74 Å². The SMILES string of the molecule is Cc1cc(C(=O)COC(=O)CCCC2CCCCC2)c(C)n1C1CCS(=O)(=O)C1. The molecule has 2 heterocycles. The molecule has 7 heteroatoms. The summed E-state index contributed by atoms with van der Waals surface area (Å²) >= 11 is 0. The molecule has 6 nitrogen and oxygen atoms in total. The van der Waals surface area contributed by atoms with Crippen LogP contribution in [-0.2, 0) is 19.4 Å². The monoisotopic (exact) mass is 423 g/mol. The number of ether oxygens (including phenoxy) is 1. The molecule has 1 aliphatic heterocycles. The van der Waals surface area contributed by atoms with Gasteiger partial charge in [-0.2, -0.15) is 0 Å². The van der Waals surface area contributed by atoms with Crippen LogP contribution in [0.1, 0.15) is 85.6 Å². The number of aryl methyl sites for hydroxylation is 1. The first-order valence-corrected chi connectivity index (χ1v) is 12.7. The molecule has 0 bridgehead atoms. The molecule has 0 spiro atoms. The van der Waals surface area contributed by atoms with Crippen LogP contribution in [0, 0.1) is 19.8 Å². The van der Waals surface area contributed by atoms with E-state index in [1.807, 2.05) is 18.4 Å². The Kier molecular flexibility index (Phi) is 7.19. The zero-order chi connectivity index (χ0) is 21.0. The highest BCUT2D eigenvalue weighted by Gasteiger charge is 2.31. The van der Waals surface area contributed by atoms with Crippen molar-refractivity contribution in [3.63, 3.8) is 0 Å². The smallest absolute Gasteiger partial charge is 0.306 e. The third-order valence-corrected chi connectivity index (χ3v) is 8.19. The van der Waals surface area contributed by atoms with Gasteiger partial charge in [-0.05, 0) is 45.1 Å². The molecule has 0 radical (unpaired) electrons. The molecule has 1 aromatic rings. The summed E-state index contributed by atoms with van der Waals surface area (Å²) in [5.41, 5.74) is 2.14. The Hall–Kier alpha value is -1.63. The van der Waals surface area contributed by atoms with Gasteiger partial charge in [0.2, 0.25) is 5.78 Å². The van der Waals surface area contributed by atoms with Gasteiger partial charge in [-0.3, -0.25) is 9.59 Å². The van der Waals surface area contributed by atoms with Crippen molar-refractivity contribution in [2.45, 2.75) is 77.7 Å². The molecule has 0 amide bonds. The number of ketones is 1. The highest BCUT2D eigenvalue weighted by atomic mass is 32.2. The maximum Gasteiger partial charge on any atom is 0.306 e. The third kappa shape index (κ3) is 5.71. The van der Waals surface area contributed by atoms with Gasteiger partial charge in [0.15, 0.2) is 16.4 Å². The number of rotatable bonds is 8. The van der Waals surface area contributed by atoms with E-state index in [1.54, 1.807) is 6.07 Å². The zero-order valence-electron chi connectivity index (χ0n) is 17.6. The minimum atomic E-state index is -3.00. The summed E-state index contributed by atoms with van der Waals surface area (Å²) in [6.45, 7) is 3.46. The number of esters is 1. The Balaban J connectivity index is 1.49. The van der Waals surface area contributed by atoms with E-state index in [0.29, 0.717) is 18.4 Å². The van der Waals surface area contributed by atoms with Gasteiger partial charge in [0.25, 0.3) is 0 Å². The van der Waals surface area contributed by atoms with Gasteiger partial charge in [-0.25, -0.2) is 8.42 Å². The summed E-state index contributed by atoms with van der Waals surface area (Å²) in [7, 11) is -3.00. The second kappa shape index (κ2) is 9.45. The van der Waals surface area contributed by atoms with E-state index in [0.717, 1.165) is 30.1 Å². The summed E-state index contributed by atoms with van der Waals surface area (Å²) in [6.07, 6.45) is 9.29. The number of hydrogen-bond donors (Lipinski definition) is 0. The molecule has 0 aromatic carbocycles. The van der Waals surface area contributed by atoms with Crippen LogP contribution >= 0.6 is 0 Å². The van der Waals surface area contributed by atoms with Crippen LogP contribution in [0.5, 0.6) is 0 Å². The third-order valence-electron chi connectivity index (χ3n) is 6.44. The van der Waals surface area contributed by atoms with E-state index in [9.17, 15) is 18.0 Å². The van der Waals surface area contributed by atoms with Gasteiger partial charge in [-0.15, -0.1) is 0 Å². The molecule has 2 fully saturated rings. The molecule has 1 atom stereocenters. The van der Waals surface area contributed by atoms with E-state index in [-0.39, 0.29) is 35.9 Å². The lowest BCUT2D eigenvalue weighted by Gasteiger charge is -2.20. The van der Waals surface area contributed by atoms with Gasteiger partial charge in [0.05, 0.1) is 11.5 Å². The van der Waals surface area contributed by atoms with Crippen molar-refractivity contribution >= 4 is 21.6 Å². The molecular weight excluding hydrogens is 390 g/mol. The lowest BCUT2D eigenvalue weighted by Crippen LogP contribution is -2.17. The first kappa shape index (κ1) is 22.1. The topological polar surface area (TPSA) is 82.4 Å². The molecule has 3 rings (SSSR count). The molecule has 1 unspecified atom stereocenters. The summed E-state index contributed by atoms with van der Waals surface area (Å²) in [5, 5.41) is 0. The molecule has 1 aliphatic carbocycles. The summed E-state index contributed by atoms with van der Waals surface area (Å²) in [6, 6.07) is 1.66. The zero-order valence-corrected chi connectivity index (χ0v) is 18.4. The fourth-order valence-corrected chi connectivity index (χ4v) is 6.61. The molecular formula is C22H33NO5S. The summed E-state index contributed by atoms with van der Waals surface area (Å²) in [4.78, 5) is 24.6. The van der Waals surface area contributed by atoms with Crippen LogP contribution in [0.15, 0.2) is 6.07 Å². The quantitative estimate of drug-likeness (QED) is 0.467. The fraction of sp³-hybridized carbons (Fsp3) is 0.727. The van der Waals surface area contributed by atoms with Crippen LogP contribution in [0.4, 0.5) is 0 Å². The second-order valence-corrected chi connectivity index (χ2v) is 10.9. The Morgan fingerprint density at radius 1 is 1.14 bits per heavy atom. The lowest BCUT2D eigenvalue weighted by atomic mass is 9.86. The number of Topliss-reactive ketones (excluding diaryl/α,β-unsaturated/α-hetero) is 1. The molecule has 0 N–H and O–H groups in total. The van der Waals surface area contributed by atoms with Crippen LogP contribution in [0.2, 0.25) is 0 Å². The van der Waals surface area contributed by atoms with Crippen LogP contribution in [0.3, 0.4) is 0 Å². The van der Waals surface area contributed by atoms with Crippen LogP contribution in [0.25, 0.3) is 0 Å². The number of carbonyl (C=O) groups excluding carboxylic acids is 2. The molecule has 1 saturated carbocycles. The Morgan fingerprint density at radius 2 is 1.86 bits per heavy atom. The first-order chi connectivity index (χ1) is 13.8. The van der Waals surface area contributed by atoms with Crippen molar-refractivity contribution in [2.75, 3.05) is 18.1 Å². The molecule has 1 aromatic heterocycles. The first-order valence-electron chi connectivity index (χ1n) is 10.8. The number of nitrogens with zero attached hydrogens (tertiary/aromatic N) is 1. The van der Waals surface area contributed by atoms with Gasteiger partial charge < -0.3 is 9.30 Å². The number of sulfone groups is 1. The van der Waals surface area contributed by atoms with E-state index in [2.05, 4.69) is 0 Å². The minimum Gasteiger partial charge on any atom is -0.457 e. The normalized spacial score (nSPS) is 21.9. The van der Waals surface area contributed by atoms with E-state index in [1.165, 1.54) is 32.1 Å². The second-order valence-electron chi connectivity index (χ2n) is 8.69. The van der Waals surface area contributed by atoms with Crippen molar-refractivity contribution in [1.29, 1.82) is 0 Å². The Labute approximate surface area is 173 Å².